The third-order valence-corrected chi connectivity index (χ3v) is 9.05. The molecule has 2 amide bonds. The Balaban J connectivity index is 1.02. The standard InChI is InChI=1S/C32H28FN9O2S/c33-19-15-23(26-25(16-19)40-32(45-26)28(35)43)31(44)38-20-9-13-41(14-10-20)17-18-5-7-21(8-6-18)42-29(22-3-1-11-36-27(22)34)39-24-4-2-12-37-30(24)42/h1-8,11-12,15-16,20H,9-10,13-14,17H2,(H2,34,36)(H2,35,43)(H,38,44). The lowest BCUT2D eigenvalue weighted by molar-refractivity contribution is 0.0909. The van der Waals surface area contributed by atoms with Crippen molar-refractivity contribution in [1.29, 1.82) is 0 Å². The fraction of sp³-hybridized carbons (Fsp3) is 0.188. The van der Waals surface area contributed by atoms with Crippen LogP contribution in [0.3, 0.4) is 0 Å². The van der Waals surface area contributed by atoms with Crippen molar-refractivity contribution in [3.63, 3.8) is 0 Å². The van der Waals surface area contributed by atoms with Crippen molar-refractivity contribution in [2.24, 2.45) is 5.73 Å². The van der Waals surface area contributed by atoms with Crippen LogP contribution >= 0.6 is 11.3 Å². The topological polar surface area (TPSA) is 158 Å². The van der Waals surface area contributed by atoms with Crippen molar-refractivity contribution in [3.05, 3.63) is 95.0 Å². The van der Waals surface area contributed by atoms with Gasteiger partial charge in [0.05, 0.1) is 21.3 Å². The minimum absolute atomic E-state index is 0.0414. The van der Waals surface area contributed by atoms with Gasteiger partial charge in [-0.2, -0.15) is 0 Å². The number of rotatable bonds is 7. The number of amides is 2. The van der Waals surface area contributed by atoms with E-state index in [0.717, 1.165) is 71.8 Å². The largest absolute Gasteiger partial charge is 0.383 e. The molecular formula is C32H28FN9O2S. The molecule has 1 saturated heterocycles. The second-order valence-electron chi connectivity index (χ2n) is 10.9. The molecule has 5 N–H and O–H groups in total. The zero-order valence-electron chi connectivity index (χ0n) is 24.0. The van der Waals surface area contributed by atoms with E-state index < -0.39 is 11.7 Å². The maximum atomic E-state index is 14.2. The number of aromatic nitrogens is 5. The molecule has 5 heterocycles. The summed E-state index contributed by atoms with van der Waals surface area (Å²) in [5.74, 6) is -0.618. The molecule has 0 bridgehead atoms. The Morgan fingerprint density at radius 2 is 1.73 bits per heavy atom. The number of thiazole rings is 1. The summed E-state index contributed by atoms with van der Waals surface area (Å²) < 4.78 is 16.7. The minimum Gasteiger partial charge on any atom is -0.383 e. The highest BCUT2D eigenvalue weighted by Crippen LogP contribution is 2.31. The molecule has 11 nitrogen and oxygen atoms in total. The zero-order valence-corrected chi connectivity index (χ0v) is 24.8. The van der Waals surface area contributed by atoms with Crippen molar-refractivity contribution in [3.8, 4) is 17.1 Å². The smallest absolute Gasteiger partial charge is 0.277 e. The molecule has 6 aromatic rings. The van der Waals surface area contributed by atoms with Crippen LogP contribution < -0.4 is 16.8 Å². The van der Waals surface area contributed by atoms with Gasteiger partial charge in [-0.3, -0.25) is 19.1 Å². The molecule has 226 valence electrons. The van der Waals surface area contributed by atoms with Crippen LogP contribution in [0.2, 0.25) is 0 Å². The number of hydrogen-bond donors (Lipinski definition) is 3. The molecule has 45 heavy (non-hydrogen) atoms. The number of anilines is 1. The number of primary amides is 1. The summed E-state index contributed by atoms with van der Waals surface area (Å²) in [5, 5.41) is 3.08. The molecular weight excluding hydrogens is 593 g/mol. The predicted octanol–water partition coefficient (Wildman–Crippen LogP) is 4.31. The van der Waals surface area contributed by atoms with E-state index in [0.29, 0.717) is 16.3 Å². The quantitative estimate of drug-likeness (QED) is 0.238. The number of hydrogen-bond acceptors (Lipinski definition) is 9. The second kappa shape index (κ2) is 11.7. The molecule has 2 aromatic carbocycles. The van der Waals surface area contributed by atoms with Crippen molar-refractivity contribution < 1.29 is 14.0 Å². The maximum Gasteiger partial charge on any atom is 0.277 e. The molecule has 4 aromatic heterocycles. The normalized spacial score (nSPS) is 14.2. The number of fused-ring (bicyclic) bond motifs is 2. The maximum absolute atomic E-state index is 14.2. The number of halogens is 1. The minimum atomic E-state index is -0.711. The van der Waals surface area contributed by atoms with Gasteiger partial charge in [0.25, 0.3) is 11.8 Å². The highest BCUT2D eigenvalue weighted by molar-refractivity contribution is 7.20. The van der Waals surface area contributed by atoms with Gasteiger partial charge >= 0.3 is 0 Å². The van der Waals surface area contributed by atoms with Crippen LogP contribution in [0.1, 0.15) is 38.6 Å². The number of piperidine rings is 1. The van der Waals surface area contributed by atoms with E-state index in [9.17, 15) is 14.0 Å². The van der Waals surface area contributed by atoms with E-state index in [1.54, 1.807) is 12.4 Å². The number of carbonyl (C=O) groups excluding carboxylic acids is 2. The molecule has 1 aliphatic heterocycles. The first kappa shape index (κ1) is 28.5. The molecule has 0 unspecified atom stereocenters. The summed E-state index contributed by atoms with van der Waals surface area (Å²) >= 11 is 0.995. The van der Waals surface area contributed by atoms with Gasteiger partial charge in [-0.25, -0.2) is 24.3 Å². The Labute approximate surface area is 260 Å². The third-order valence-electron chi connectivity index (χ3n) is 7.93. The fourth-order valence-electron chi connectivity index (χ4n) is 5.72. The fourth-order valence-corrected chi connectivity index (χ4v) is 6.63. The number of benzene rings is 2. The SMILES string of the molecule is NC(=O)c1nc2cc(F)cc(C(=O)NC3CCN(Cc4ccc(-n5c(-c6cccnc6N)nc6cccnc65)cc4)CC3)c2s1. The summed E-state index contributed by atoms with van der Waals surface area (Å²) in [4.78, 5) is 44.7. The second-order valence-corrected chi connectivity index (χ2v) is 11.9. The van der Waals surface area contributed by atoms with Crippen LogP contribution in [0.15, 0.2) is 73.1 Å². The zero-order chi connectivity index (χ0) is 31.1. The average molecular weight is 622 g/mol. The van der Waals surface area contributed by atoms with Gasteiger partial charge in [0.2, 0.25) is 0 Å². The molecule has 1 aliphatic rings. The number of nitrogens with one attached hydrogen (secondary N) is 1. The number of nitrogen functional groups attached to an aromatic ring is 1. The predicted molar refractivity (Wildman–Crippen MR) is 170 cm³/mol. The summed E-state index contributed by atoms with van der Waals surface area (Å²) in [7, 11) is 0. The highest BCUT2D eigenvalue weighted by Gasteiger charge is 2.24. The number of pyridine rings is 2. The van der Waals surface area contributed by atoms with Gasteiger partial charge in [0.1, 0.15) is 17.2 Å². The van der Waals surface area contributed by atoms with E-state index in [2.05, 4.69) is 49.4 Å². The van der Waals surface area contributed by atoms with E-state index >= 15 is 0 Å². The first-order valence-electron chi connectivity index (χ1n) is 14.4. The number of nitrogens with two attached hydrogens (primary N) is 2. The van der Waals surface area contributed by atoms with Crippen molar-refractivity contribution >= 4 is 50.3 Å². The summed E-state index contributed by atoms with van der Waals surface area (Å²) in [6.45, 7) is 2.34. The summed E-state index contributed by atoms with van der Waals surface area (Å²) in [6, 6.07) is 18.1. The van der Waals surface area contributed by atoms with E-state index in [4.69, 9.17) is 16.5 Å². The molecule has 13 heteroatoms. The molecule has 0 aliphatic carbocycles. The lowest BCUT2D eigenvalue weighted by Crippen LogP contribution is -2.44. The van der Waals surface area contributed by atoms with Crippen LogP contribution in [0.4, 0.5) is 10.2 Å². The van der Waals surface area contributed by atoms with Gasteiger partial charge in [-0.05, 0) is 60.9 Å². The van der Waals surface area contributed by atoms with Crippen molar-refractivity contribution in [1.82, 2.24) is 34.7 Å². The number of nitrogens with zero attached hydrogens (tertiary/aromatic N) is 6. The Morgan fingerprint density at radius 3 is 2.49 bits per heavy atom. The molecule has 0 atom stereocenters. The summed E-state index contributed by atoms with van der Waals surface area (Å²) in [6.07, 6.45) is 4.90. The number of likely N-dealkylation sites (tertiary alicyclic amines) is 1. The van der Waals surface area contributed by atoms with Crippen LogP contribution in [-0.2, 0) is 6.54 Å². The highest BCUT2D eigenvalue weighted by atomic mass is 32.1. The molecule has 0 radical (unpaired) electrons. The van der Waals surface area contributed by atoms with Crippen LogP contribution in [0, 0.1) is 5.82 Å². The van der Waals surface area contributed by atoms with Crippen molar-refractivity contribution in [2.45, 2.75) is 25.4 Å². The lowest BCUT2D eigenvalue weighted by Gasteiger charge is -2.32. The monoisotopic (exact) mass is 621 g/mol. The Morgan fingerprint density at radius 1 is 0.978 bits per heavy atom. The van der Waals surface area contributed by atoms with Crippen LogP contribution in [-0.4, -0.2) is 60.3 Å². The van der Waals surface area contributed by atoms with Gasteiger partial charge in [-0.1, -0.05) is 12.1 Å². The van der Waals surface area contributed by atoms with Gasteiger partial charge in [0.15, 0.2) is 16.5 Å². The number of imidazole rings is 1. The Bertz CT molecular complexity index is 2070. The van der Waals surface area contributed by atoms with Crippen molar-refractivity contribution in [2.75, 3.05) is 18.8 Å². The molecule has 7 rings (SSSR count). The molecule has 1 fully saturated rings. The molecule has 0 spiro atoms. The third kappa shape index (κ3) is 5.58. The van der Waals surface area contributed by atoms with E-state index in [1.807, 2.05) is 28.8 Å². The van der Waals surface area contributed by atoms with E-state index in [-0.39, 0.29) is 28.0 Å². The van der Waals surface area contributed by atoms with Crippen LogP contribution in [0.25, 0.3) is 38.5 Å². The van der Waals surface area contributed by atoms with Gasteiger partial charge in [0, 0.05) is 49.8 Å². The average Bonchev–Trinajstić information content (AvgIpc) is 3.64. The summed E-state index contributed by atoms with van der Waals surface area (Å²) in [5.41, 5.74) is 16.2. The molecule has 0 saturated carbocycles. The number of carbonyl (C=O) groups is 2. The first-order chi connectivity index (χ1) is 21.8. The lowest BCUT2D eigenvalue weighted by atomic mass is 10.0. The van der Waals surface area contributed by atoms with E-state index in [1.165, 1.54) is 12.1 Å². The van der Waals surface area contributed by atoms with Crippen LogP contribution in [0.5, 0.6) is 0 Å². The van der Waals surface area contributed by atoms with Gasteiger partial charge in [-0.15, -0.1) is 11.3 Å². The van der Waals surface area contributed by atoms with Gasteiger partial charge < -0.3 is 16.8 Å². The Hall–Kier alpha value is -5.27. The Kier molecular flexibility index (Phi) is 7.39. The first-order valence-corrected chi connectivity index (χ1v) is 15.2.